The highest BCUT2D eigenvalue weighted by Gasteiger charge is 2.32. The van der Waals surface area contributed by atoms with E-state index in [2.05, 4.69) is 26.4 Å². The van der Waals surface area contributed by atoms with Crippen molar-refractivity contribution < 1.29 is 8.42 Å². The Labute approximate surface area is 187 Å². The highest BCUT2D eigenvalue weighted by molar-refractivity contribution is 7.89. The van der Waals surface area contributed by atoms with Crippen molar-refractivity contribution in [1.29, 1.82) is 0 Å². The first kappa shape index (κ1) is 21.6. The number of aryl methyl sites for hydroxylation is 4. The van der Waals surface area contributed by atoms with Crippen LogP contribution in [0.15, 0.2) is 46.2 Å². The molecular formula is C22H26ClN3O2S2. The van der Waals surface area contributed by atoms with E-state index >= 15 is 0 Å². The van der Waals surface area contributed by atoms with Crippen molar-refractivity contribution in [2.45, 2.75) is 50.5 Å². The van der Waals surface area contributed by atoms with Gasteiger partial charge in [0.25, 0.3) is 0 Å². The average Bonchev–Trinajstić information content (AvgIpc) is 3.40. The zero-order valence-corrected chi connectivity index (χ0v) is 19.6. The van der Waals surface area contributed by atoms with Crippen LogP contribution in [0.5, 0.6) is 0 Å². The Bertz CT molecular complexity index is 1120. The van der Waals surface area contributed by atoms with E-state index in [0.717, 1.165) is 37.2 Å². The number of nitrogens with zero attached hydrogens (tertiary/aromatic N) is 3. The molecule has 4 rings (SSSR count). The number of piperidine rings is 1. The molecule has 0 amide bonds. The topological polar surface area (TPSA) is 55.2 Å². The number of hydrogen-bond donors (Lipinski definition) is 0. The minimum Gasteiger partial charge on any atom is -0.334 e. The van der Waals surface area contributed by atoms with E-state index in [9.17, 15) is 8.42 Å². The fourth-order valence-electron chi connectivity index (χ4n) is 4.08. The van der Waals surface area contributed by atoms with Crippen LogP contribution in [0.1, 0.15) is 41.3 Å². The van der Waals surface area contributed by atoms with Crippen LogP contribution >= 0.6 is 22.9 Å². The zero-order valence-electron chi connectivity index (χ0n) is 17.2. The smallest absolute Gasteiger partial charge is 0.243 e. The summed E-state index contributed by atoms with van der Waals surface area (Å²) in [6.45, 7) is 5.54. The predicted molar refractivity (Wildman–Crippen MR) is 122 cm³/mol. The van der Waals surface area contributed by atoms with Crippen molar-refractivity contribution in [2.75, 3.05) is 13.1 Å². The second-order valence-electron chi connectivity index (χ2n) is 7.91. The van der Waals surface area contributed by atoms with Crippen LogP contribution in [0.25, 0.3) is 0 Å². The molecule has 0 bridgehead atoms. The lowest BCUT2D eigenvalue weighted by Gasteiger charge is -2.31. The van der Waals surface area contributed by atoms with Gasteiger partial charge in [-0.25, -0.2) is 13.4 Å². The molecule has 0 aliphatic carbocycles. The van der Waals surface area contributed by atoms with Gasteiger partial charge in [-0.05, 0) is 78.8 Å². The fourth-order valence-corrected chi connectivity index (χ4v) is 6.76. The van der Waals surface area contributed by atoms with Crippen molar-refractivity contribution >= 4 is 33.0 Å². The fraction of sp³-hybridized carbons (Fsp3) is 0.409. The summed E-state index contributed by atoms with van der Waals surface area (Å²) >= 11 is 7.87. The zero-order chi connectivity index (χ0) is 21.3. The summed E-state index contributed by atoms with van der Waals surface area (Å²) < 4.78 is 30.3. The predicted octanol–water partition coefficient (Wildman–Crippen LogP) is 5.03. The molecule has 3 aromatic rings. The van der Waals surface area contributed by atoms with Crippen molar-refractivity contribution in [1.82, 2.24) is 13.9 Å². The summed E-state index contributed by atoms with van der Waals surface area (Å²) in [6.07, 6.45) is 6.42. The van der Waals surface area contributed by atoms with Gasteiger partial charge in [-0.2, -0.15) is 15.6 Å². The Morgan fingerprint density at radius 1 is 1.20 bits per heavy atom. The first-order chi connectivity index (χ1) is 14.4. The third kappa shape index (κ3) is 4.35. The minimum absolute atomic E-state index is 0.280. The Kier molecular flexibility index (Phi) is 6.34. The number of aromatic nitrogens is 2. The molecule has 0 saturated carbocycles. The number of halogens is 1. The minimum atomic E-state index is -3.53. The molecule has 1 saturated heterocycles. The number of benzene rings is 1. The molecule has 0 unspecified atom stereocenters. The van der Waals surface area contributed by atoms with E-state index < -0.39 is 10.0 Å². The lowest BCUT2D eigenvalue weighted by Crippen LogP contribution is -2.38. The summed E-state index contributed by atoms with van der Waals surface area (Å²) in [4.78, 5) is 4.96. The lowest BCUT2D eigenvalue weighted by molar-refractivity contribution is 0.309. The average molecular weight is 464 g/mol. The monoisotopic (exact) mass is 463 g/mol. The maximum atomic E-state index is 13.2. The molecule has 160 valence electrons. The molecule has 0 N–H and O–H groups in total. The normalized spacial score (nSPS) is 16.2. The summed E-state index contributed by atoms with van der Waals surface area (Å²) in [5.74, 6) is 1.35. The molecule has 1 aromatic carbocycles. The first-order valence-corrected chi connectivity index (χ1v) is 12.9. The van der Waals surface area contributed by atoms with Crippen LogP contribution in [0, 0.1) is 13.8 Å². The van der Waals surface area contributed by atoms with Crippen LogP contribution < -0.4 is 0 Å². The van der Waals surface area contributed by atoms with Gasteiger partial charge < -0.3 is 4.57 Å². The van der Waals surface area contributed by atoms with Crippen LogP contribution in [0.3, 0.4) is 0 Å². The molecule has 1 fully saturated rings. The van der Waals surface area contributed by atoms with E-state index in [-0.39, 0.29) is 5.92 Å². The molecule has 3 heterocycles. The lowest BCUT2D eigenvalue weighted by atomic mass is 9.97. The molecule has 0 spiro atoms. The number of hydrogen-bond acceptors (Lipinski definition) is 4. The molecular weight excluding hydrogens is 438 g/mol. The van der Waals surface area contributed by atoms with Gasteiger partial charge in [0.2, 0.25) is 10.0 Å². The number of sulfonamides is 1. The van der Waals surface area contributed by atoms with Crippen molar-refractivity contribution in [3.63, 3.8) is 0 Å². The van der Waals surface area contributed by atoms with Gasteiger partial charge in [-0.15, -0.1) is 0 Å². The van der Waals surface area contributed by atoms with Crippen LogP contribution in [-0.4, -0.2) is 35.4 Å². The van der Waals surface area contributed by atoms with Gasteiger partial charge in [0.05, 0.1) is 4.90 Å². The Balaban J connectivity index is 1.44. The van der Waals surface area contributed by atoms with Gasteiger partial charge in [-0.3, -0.25) is 0 Å². The Morgan fingerprint density at radius 3 is 2.67 bits per heavy atom. The largest absolute Gasteiger partial charge is 0.334 e. The third-order valence-corrected chi connectivity index (χ3v) is 9.04. The Morgan fingerprint density at radius 2 is 1.97 bits per heavy atom. The highest BCUT2D eigenvalue weighted by Crippen LogP contribution is 2.32. The maximum Gasteiger partial charge on any atom is 0.243 e. The summed E-state index contributed by atoms with van der Waals surface area (Å²) in [7, 11) is -3.53. The quantitative estimate of drug-likeness (QED) is 0.515. The van der Waals surface area contributed by atoms with E-state index in [4.69, 9.17) is 11.6 Å². The molecule has 0 radical (unpaired) electrons. The molecule has 8 heteroatoms. The number of imidazole rings is 1. The van der Waals surface area contributed by atoms with E-state index in [1.807, 2.05) is 19.3 Å². The van der Waals surface area contributed by atoms with Crippen LogP contribution in [-0.2, 0) is 23.0 Å². The van der Waals surface area contributed by atoms with Gasteiger partial charge in [0, 0.05) is 43.0 Å². The van der Waals surface area contributed by atoms with E-state index in [0.29, 0.717) is 28.6 Å². The molecule has 0 atom stereocenters. The molecule has 1 aliphatic heterocycles. The molecule has 1 aliphatic rings. The second kappa shape index (κ2) is 8.83. The molecule has 30 heavy (non-hydrogen) atoms. The number of rotatable bonds is 6. The molecule has 5 nitrogen and oxygen atoms in total. The van der Waals surface area contributed by atoms with E-state index in [1.54, 1.807) is 34.7 Å². The summed E-state index contributed by atoms with van der Waals surface area (Å²) in [5, 5.41) is 4.88. The van der Waals surface area contributed by atoms with Gasteiger partial charge in [-0.1, -0.05) is 11.6 Å². The number of thiophene rings is 1. The van der Waals surface area contributed by atoms with Crippen molar-refractivity contribution in [3.8, 4) is 0 Å². The van der Waals surface area contributed by atoms with E-state index in [1.165, 1.54) is 5.56 Å². The van der Waals surface area contributed by atoms with Crippen LogP contribution in [0.4, 0.5) is 0 Å². The first-order valence-electron chi connectivity index (χ1n) is 10.2. The van der Waals surface area contributed by atoms with Crippen LogP contribution in [0.2, 0.25) is 5.02 Å². The third-order valence-electron chi connectivity index (χ3n) is 5.86. The standard InChI is InChI=1S/C22H26ClN3O2S2/c1-16-14-21(17(2)13-20(16)23)30(27,28)26-9-4-19(5-10-26)22-24-7-11-25(22)8-3-18-6-12-29-15-18/h6-7,11-15,19H,3-5,8-10H2,1-2H3. The van der Waals surface area contributed by atoms with Crippen molar-refractivity contribution in [3.05, 3.63) is 68.9 Å². The Hall–Kier alpha value is -1.67. The summed E-state index contributed by atoms with van der Waals surface area (Å²) in [6, 6.07) is 5.59. The van der Waals surface area contributed by atoms with Gasteiger partial charge in [0.1, 0.15) is 5.82 Å². The molecule has 2 aromatic heterocycles. The van der Waals surface area contributed by atoms with Gasteiger partial charge >= 0.3 is 0 Å². The highest BCUT2D eigenvalue weighted by atomic mass is 35.5. The van der Waals surface area contributed by atoms with Gasteiger partial charge in [0.15, 0.2) is 0 Å². The second-order valence-corrected chi connectivity index (χ2v) is 11.0. The van der Waals surface area contributed by atoms with Crippen molar-refractivity contribution in [2.24, 2.45) is 0 Å². The summed E-state index contributed by atoms with van der Waals surface area (Å²) in [5.41, 5.74) is 2.81. The maximum absolute atomic E-state index is 13.2. The SMILES string of the molecule is Cc1cc(S(=O)(=O)N2CCC(c3nccn3CCc3ccsc3)CC2)c(C)cc1Cl.